The van der Waals surface area contributed by atoms with E-state index in [1.807, 2.05) is 54.6 Å². The minimum atomic E-state index is -0.806. The lowest BCUT2D eigenvalue weighted by Gasteiger charge is -2.04. The second-order valence-corrected chi connectivity index (χ2v) is 5.04. The smallest absolute Gasteiger partial charge is 0.331 e. The highest BCUT2D eigenvalue weighted by molar-refractivity contribution is 5.86. The molecule has 0 amide bonds. The van der Waals surface area contributed by atoms with Gasteiger partial charge in [-0.05, 0) is 36.8 Å². The third kappa shape index (κ3) is 5.27. The van der Waals surface area contributed by atoms with E-state index in [4.69, 9.17) is 0 Å². The largest absolute Gasteiger partial charge is 0.478 e. The predicted molar refractivity (Wildman–Crippen MR) is 85.2 cm³/mol. The average molecular weight is 280 g/mol. The Hall–Kier alpha value is -2.35. The van der Waals surface area contributed by atoms with Crippen LogP contribution in [0.5, 0.6) is 0 Å². The fraction of sp³-hybridized carbons (Fsp3) is 0.211. The summed E-state index contributed by atoms with van der Waals surface area (Å²) in [5.41, 5.74) is 2.92. The highest BCUT2D eigenvalue weighted by Gasteiger charge is 2.07. The molecule has 2 rings (SSSR count). The van der Waals surface area contributed by atoms with E-state index in [1.54, 1.807) is 0 Å². The van der Waals surface area contributed by atoms with Gasteiger partial charge in [0.05, 0.1) is 0 Å². The van der Waals surface area contributed by atoms with Gasteiger partial charge in [0.25, 0.3) is 0 Å². The summed E-state index contributed by atoms with van der Waals surface area (Å²) in [5, 5.41) is 9.28. The summed E-state index contributed by atoms with van der Waals surface area (Å²) in [6, 6.07) is 20.1. The number of aliphatic carboxylic acids is 1. The zero-order valence-corrected chi connectivity index (χ0v) is 12.0. The second-order valence-electron chi connectivity index (χ2n) is 5.04. The molecule has 0 bridgehead atoms. The first kappa shape index (κ1) is 15.0. The Morgan fingerprint density at radius 1 is 0.857 bits per heavy atom. The van der Waals surface area contributed by atoms with E-state index in [0.717, 1.165) is 19.3 Å². The molecule has 0 aliphatic rings. The van der Waals surface area contributed by atoms with Gasteiger partial charge >= 0.3 is 5.97 Å². The Bertz CT molecular complexity index is 585. The van der Waals surface area contributed by atoms with Crippen LogP contribution >= 0.6 is 0 Å². The molecule has 21 heavy (non-hydrogen) atoms. The van der Waals surface area contributed by atoms with Gasteiger partial charge in [-0.2, -0.15) is 0 Å². The fourth-order valence-electron chi connectivity index (χ4n) is 2.28. The molecule has 0 aliphatic carbocycles. The third-order valence-electron chi connectivity index (χ3n) is 3.47. The maximum Gasteiger partial charge on any atom is 0.331 e. The SMILES string of the molecule is O=C(O)C(=CCCc1ccccc1)CCc1ccccc1. The van der Waals surface area contributed by atoms with Crippen molar-refractivity contribution in [1.29, 1.82) is 0 Å². The van der Waals surface area contributed by atoms with Gasteiger partial charge < -0.3 is 5.11 Å². The number of carboxylic acid groups (broad SMARTS) is 1. The van der Waals surface area contributed by atoms with Crippen LogP contribution in [0.25, 0.3) is 0 Å². The van der Waals surface area contributed by atoms with Gasteiger partial charge in [0.2, 0.25) is 0 Å². The molecule has 2 nitrogen and oxygen atoms in total. The van der Waals surface area contributed by atoms with Crippen molar-refractivity contribution in [1.82, 2.24) is 0 Å². The van der Waals surface area contributed by atoms with E-state index < -0.39 is 5.97 Å². The summed E-state index contributed by atoms with van der Waals surface area (Å²) in [6.07, 6.45) is 4.85. The van der Waals surface area contributed by atoms with Crippen molar-refractivity contribution in [2.45, 2.75) is 25.7 Å². The molecule has 2 heteroatoms. The predicted octanol–water partition coefficient (Wildman–Crippen LogP) is 4.26. The number of rotatable bonds is 7. The second kappa shape index (κ2) is 8.05. The van der Waals surface area contributed by atoms with Gasteiger partial charge in [-0.1, -0.05) is 66.7 Å². The number of hydrogen-bond acceptors (Lipinski definition) is 1. The number of aryl methyl sites for hydroxylation is 2. The van der Waals surface area contributed by atoms with Crippen LogP contribution in [0.3, 0.4) is 0 Å². The van der Waals surface area contributed by atoms with E-state index in [-0.39, 0.29) is 0 Å². The molecule has 0 saturated heterocycles. The maximum atomic E-state index is 11.3. The van der Waals surface area contributed by atoms with Crippen molar-refractivity contribution in [2.24, 2.45) is 0 Å². The Morgan fingerprint density at radius 2 is 1.38 bits per heavy atom. The summed E-state index contributed by atoms with van der Waals surface area (Å²) >= 11 is 0. The number of hydrogen-bond donors (Lipinski definition) is 1. The normalized spacial score (nSPS) is 11.3. The Morgan fingerprint density at radius 3 is 1.90 bits per heavy atom. The summed E-state index contributed by atoms with van der Waals surface area (Å²) in [7, 11) is 0. The van der Waals surface area contributed by atoms with Crippen LogP contribution < -0.4 is 0 Å². The number of allylic oxidation sites excluding steroid dienone is 1. The van der Waals surface area contributed by atoms with Crippen molar-refractivity contribution in [3.05, 3.63) is 83.4 Å². The van der Waals surface area contributed by atoms with Gasteiger partial charge in [0, 0.05) is 5.57 Å². The van der Waals surface area contributed by atoms with Crippen molar-refractivity contribution in [2.75, 3.05) is 0 Å². The molecule has 0 aliphatic heterocycles. The standard InChI is InChI=1S/C19H20O2/c20-19(21)18(15-14-17-10-5-2-6-11-17)13-7-12-16-8-3-1-4-9-16/h1-6,8-11,13H,7,12,14-15H2,(H,20,21). The van der Waals surface area contributed by atoms with Crippen LogP contribution in [0.4, 0.5) is 0 Å². The molecule has 2 aromatic rings. The fourth-order valence-corrected chi connectivity index (χ4v) is 2.28. The van der Waals surface area contributed by atoms with Crippen LogP contribution in [0.1, 0.15) is 24.0 Å². The lowest BCUT2D eigenvalue weighted by atomic mass is 10.0. The van der Waals surface area contributed by atoms with Crippen molar-refractivity contribution >= 4 is 5.97 Å². The van der Waals surface area contributed by atoms with Crippen LogP contribution in [-0.4, -0.2) is 11.1 Å². The van der Waals surface area contributed by atoms with Gasteiger partial charge in [-0.15, -0.1) is 0 Å². The van der Waals surface area contributed by atoms with Gasteiger partial charge in [0.1, 0.15) is 0 Å². The van der Waals surface area contributed by atoms with Gasteiger partial charge in [0.15, 0.2) is 0 Å². The number of carboxylic acids is 1. The topological polar surface area (TPSA) is 37.3 Å². The lowest BCUT2D eigenvalue weighted by molar-refractivity contribution is -0.132. The zero-order chi connectivity index (χ0) is 14.9. The minimum Gasteiger partial charge on any atom is -0.478 e. The molecule has 0 radical (unpaired) electrons. The van der Waals surface area contributed by atoms with E-state index in [0.29, 0.717) is 12.0 Å². The van der Waals surface area contributed by atoms with Crippen LogP contribution in [0, 0.1) is 0 Å². The first-order valence-electron chi connectivity index (χ1n) is 7.26. The molecule has 0 saturated carbocycles. The zero-order valence-electron chi connectivity index (χ0n) is 12.0. The molecule has 0 unspecified atom stereocenters. The molecular weight excluding hydrogens is 260 g/mol. The van der Waals surface area contributed by atoms with Crippen LogP contribution in [0.15, 0.2) is 72.3 Å². The van der Waals surface area contributed by atoms with Crippen molar-refractivity contribution in [3.63, 3.8) is 0 Å². The first-order valence-corrected chi connectivity index (χ1v) is 7.26. The summed E-state index contributed by atoms with van der Waals surface area (Å²) in [6.45, 7) is 0. The molecule has 0 fully saturated rings. The first-order chi connectivity index (χ1) is 10.3. The maximum absolute atomic E-state index is 11.3. The van der Waals surface area contributed by atoms with Gasteiger partial charge in [-0.25, -0.2) is 4.79 Å². The molecule has 108 valence electrons. The monoisotopic (exact) mass is 280 g/mol. The Balaban J connectivity index is 1.89. The van der Waals surface area contributed by atoms with Crippen LogP contribution in [0.2, 0.25) is 0 Å². The minimum absolute atomic E-state index is 0.509. The van der Waals surface area contributed by atoms with Gasteiger partial charge in [-0.3, -0.25) is 0 Å². The van der Waals surface area contributed by atoms with E-state index in [9.17, 15) is 9.90 Å². The molecule has 2 aromatic carbocycles. The molecular formula is C19H20O2. The highest BCUT2D eigenvalue weighted by atomic mass is 16.4. The molecule has 0 spiro atoms. The van der Waals surface area contributed by atoms with E-state index >= 15 is 0 Å². The van der Waals surface area contributed by atoms with E-state index in [2.05, 4.69) is 12.1 Å². The Kier molecular flexibility index (Phi) is 5.77. The molecule has 0 atom stereocenters. The molecule has 1 N–H and O–H groups in total. The number of carbonyl (C=O) groups is 1. The average Bonchev–Trinajstić information content (AvgIpc) is 2.52. The lowest BCUT2D eigenvalue weighted by Crippen LogP contribution is -2.02. The van der Waals surface area contributed by atoms with E-state index in [1.165, 1.54) is 11.1 Å². The quantitative estimate of drug-likeness (QED) is 0.769. The number of benzene rings is 2. The molecule has 0 heterocycles. The highest BCUT2D eigenvalue weighted by Crippen LogP contribution is 2.12. The Labute approximate surface area is 125 Å². The van der Waals surface area contributed by atoms with Crippen molar-refractivity contribution in [3.8, 4) is 0 Å². The molecule has 0 aromatic heterocycles. The summed E-state index contributed by atoms with van der Waals surface area (Å²) < 4.78 is 0. The summed E-state index contributed by atoms with van der Waals surface area (Å²) in [4.78, 5) is 11.3. The summed E-state index contributed by atoms with van der Waals surface area (Å²) in [5.74, 6) is -0.806. The van der Waals surface area contributed by atoms with Crippen molar-refractivity contribution < 1.29 is 9.90 Å². The van der Waals surface area contributed by atoms with Crippen LogP contribution in [-0.2, 0) is 17.6 Å². The third-order valence-corrected chi connectivity index (χ3v) is 3.47.